The van der Waals surface area contributed by atoms with E-state index in [-0.39, 0.29) is 18.1 Å². The van der Waals surface area contributed by atoms with Crippen LogP contribution >= 0.6 is 0 Å². The summed E-state index contributed by atoms with van der Waals surface area (Å²) in [5.41, 5.74) is -0.0871. The van der Waals surface area contributed by atoms with Crippen molar-refractivity contribution in [1.29, 1.82) is 0 Å². The van der Waals surface area contributed by atoms with Gasteiger partial charge in [0.2, 0.25) is 0 Å². The molecule has 102 valence electrons. The molecule has 0 aliphatic carbocycles. The van der Waals surface area contributed by atoms with Crippen LogP contribution in [-0.4, -0.2) is 54.0 Å². The maximum Gasteiger partial charge on any atom is 0.317 e. The van der Waals surface area contributed by atoms with E-state index >= 15 is 0 Å². The molecule has 0 rings (SSSR count). The maximum atomic E-state index is 11.5. The second-order valence-electron chi connectivity index (χ2n) is 5.39. The smallest absolute Gasteiger partial charge is 0.317 e. The number of hydrogen-bond acceptors (Lipinski definition) is 3. The first-order chi connectivity index (χ1) is 7.78. The van der Waals surface area contributed by atoms with Crippen LogP contribution in [0.25, 0.3) is 0 Å². The van der Waals surface area contributed by atoms with Crippen LogP contribution < -0.4 is 5.32 Å². The zero-order chi connectivity index (χ0) is 13.5. The van der Waals surface area contributed by atoms with Crippen LogP contribution in [0.5, 0.6) is 0 Å². The van der Waals surface area contributed by atoms with Gasteiger partial charge in [-0.15, -0.1) is 0 Å². The van der Waals surface area contributed by atoms with Crippen molar-refractivity contribution >= 4 is 6.03 Å². The molecule has 2 amide bonds. The standard InChI is InChI=1S/C12H26N2O3/c1-10(16)8-14(4)11(17)13-7-5-6-12(2,3)9-15/h10,15-16H,5-9H2,1-4H3,(H,13,17). The number of nitrogens with one attached hydrogen (secondary N) is 1. The molecule has 5 nitrogen and oxygen atoms in total. The van der Waals surface area contributed by atoms with Crippen molar-refractivity contribution in [3.8, 4) is 0 Å². The maximum absolute atomic E-state index is 11.5. The summed E-state index contributed by atoms with van der Waals surface area (Å²) in [6.07, 6.45) is 1.19. The first kappa shape index (κ1) is 16.2. The number of urea groups is 1. The van der Waals surface area contributed by atoms with Gasteiger partial charge in [0, 0.05) is 26.7 Å². The van der Waals surface area contributed by atoms with Crippen LogP contribution in [-0.2, 0) is 0 Å². The number of aliphatic hydroxyl groups is 2. The zero-order valence-corrected chi connectivity index (χ0v) is 11.4. The van der Waals surface area contributed by atoms with E-state index in [2.05, 4.69) is 5.32 Å². The van der Waals surface area contributed by atoms with Crippen molar-refractivity contribution in [2.45, 2.75) is 39.7 Å². The Kier molecular flexibility index (Phi) is 7.15. The predicted molar refractivity (Wildman–Crippen MR) is 67.8 cm³/mol. The molecule has 0 saturated heterocycles. The van der Waals surface area contributed by atoms with Gasteiger partial charge in [0.05, 0.1) is 6.10 Å². The summed E-state index contributed by atoms with van der Waals surface area (Å²) in [6, 6.07) is -0.173. The van der Waals surface area contributed by atoms with Gasteiger partial charge in [-0.3, -0.25) is 0 Å². The second kappa shape index (κ2) is 7.50. The number of hydrogen-bond donors (Lipinski definition) is 3. The summed E-state index contributed by atoms with van der Waals surface area (Å²) in [4.78, 5) is 13.0. The van der Waals surface area contributed by atoms with Gasteiger partial charge in [0.25, 0.3) is 0 Å². The summed E-state index contributed by atoms with van der Waals surface area (Å²) in [5.74, 6) is 0. The van der Waals surface area contributed by atoms with E-state index in [9.17, 15) is 4.79 Å². The Balaban J connectivity index is 3.71. The molecule has 0 fully saturated rings. The van der Waals surface area contributed by atoms with E-state index in [1.54, 1.807) is 14.0 Å². The van der Waals surface area contributed by atoms with Gasteiger partial charge in [0.15, 0.2) is 0 Å². The Morgan fingerprint density at radius 3 is 2.53 bits per heavy atom. The molecule has 0 radical (unpaired) electrons. The fourth-order valence-corrected chi connectivity index (χ4v) is 1.46. The summed E-state index contributed by atoms with van der Waals surface area (Å²) in [5, 5.41) is 21.0. The molecule has 5 heteroatoms. The van der Waals surface area contributed by atoms with Crippen LogP contribution in [0.1, 0.15) is 33.6 Å². The van der Waals surface area contributed by atoms with Gasteiger partial charge < -0.3 is 20.4 Å². The minimum atomic E-state index is -0.515. The summed E-state index contributed by atoms with van der Waals surface area (Å²) in [6.45, 7) is 6.71. The van der Waals surface area contributed by atoms with E-state index in [1.807, 2.05) is 13.8 Å². The van der Waals surface area contributed by atoms with E-state index < -0.39 is 6.10 Å². The topological polar surface area (TPSA) is 72.8 Å². The minimum absolute atomic E-state index is 0.0871. The highest BCUT2D eigenvalue weighted by molar-refractivity contribution is 5.73. The van der Waals surface area contributed by atoms with Crippen LogP contribution in [0, 0.1) is 5.41 Å². The monoisotopic (exact) mass is 246 g/mol. The first-order valence-electron chi connectivity index (χ1n) is 6.06. The Morgan fingerprint density at radius 2 is 2.06 bits per heavy atom. The van der Waals surface area contributed by atoms with Gasteiger partial charge >= 0.3 is 6.03 Å². The van der Waals surface area contributed by atoms with E-state index in [0.29, 0.717) is 13.1 Å². The molecular weight excluding hydrogens is 220 g/mol. The summed E-state index contributed by atoms with van der Waals surface area (Å²) >= 11 is 0. The highest BCUT2D eigenvalue weighted by atomic mass is 16.3. The van der Waals surface area contributed by atoms with Gasteiger partial charge in [0.1, 0.15) is 0 Å². The van der Waals surface area contributed by atoms with Crippen LogP contribution in [0.4, 0.5) is 4.79 Å². The number of aliphatic hydroxyl groups excluding tert-OH is 2. The van der Waals surface area contributed by atoms with E-state index in [1.165, 1.54) is 4.90 Å². The zero-order valence-electron chi connectivity index (χ0n) is 11.4. The van der Waals surface area contributed by atoms with Crippen LogP contribution in [0.15, 0.2) is 0 Å². The lowest BCUT2D eigenvalue weighted by molar-refractivity contribution is 0.140. The fourth-order valence-electron chi connectivity index (χ4n) is 1.46. The third-order valence-electron chi connectivity index (χ3n) is 2.62. The van der Waals surface area contributed by atoms with Gasteiger partial charge in [-0.05, 0) is 25.2 Å². The van der Waals surface area contributed by atoms with Crippen molar-refractivity contribution in [2.24, 2.45) is 5.41 Å². The molecule has 3 N–H and O–H groups in total. The number of nitrogens with zero attached hydrogens (tertiary/aromatic N) is 1. The Hall–Kier alpha value is -0.810. The number of carbonyl (C=O) groups excluding carboxylic acids is 1. The van der Waals surface area contributed by atoms with Crippen molar-refractivity contribution in [2.75, 3.05) is 26.7 Å². The first-order valence-corrected chi connectivity index (χ1v) is 6.06. The molecule has 0 aliphatic heterocycles. The molecule has 0 aromatic carbocycles. The number of amides is 2. The molecule has 0 aromatic rings. The average molecular weight is 246 g/mol. The molecule has 0 aromatic heterocycles. The lowest BCUT2D eigenvalue weighted by atomic mass is 9.89. The van der Waals surface area contributed by atoms with Crippen molar-refractivity contribution < 1.29 is 15.0 Å². The predicted octanol–water partition coefficient (Wildman–Crippen LogP) is 0.807. The molecule has 17 heavy (non-hydrogen) atoms. The van der Waals surface area contributed by atoms with Crippen LogP contribution in [0.3, 0.4) is 0 Å². The Morgan fingerprint density at radius 1 is 1.47 bits per heavy atom. The molecule has 0 aliphatic rings. The normalized spacial score (nSPS) is 13.3. The highest BCUT2D eigenvalue weighted by Gasteiger charge is 2.16. The average Bonchev–Trinajstić information content (AvgIpc) is 2.23. The Labute approximate surface area is 104 Å². The lowest BCUT2D eigenvalue weighted by Crippen LogP contribution is -2.41. The van der Waals surface area contributed by atoms with Crippen molar-refractivity contribution in [1.82, 2.24) is 10.2 Å². The third kappa shape index (κ3) is 7.99. The molecule has 0 heterocycles. The third-order valence-corrected chi connectivity index (χ3v) is 2.62. The largest absolute Gasteiger partial charge is 0.396 e. The van der Waals surface area contributed by atoms with Crippen molar-refractivity contribution in [3.63, 3.8) is 0 Å². The summed E-state index contributed by atoms with van der Waals surface area (Å²) < 4.78 is 0. The Bertz CT molecular complexity index is 230. The minimum Gasteiger partial charge on any atom is -0.396 e. The quantitative estimate of drug-likeness (QED) is 0.582. The SMILES string of the molecule is CC(O)CN(C)C(=O)NCCCC(C)(C)CO. The summed E-state index contributed by atoms with van der Waals surface area (Å²) in [7, 11) is 1.65. The fraction of sp³-hybridized carbons (Fsp3) is 0.917. The number of rotatable bonds is 7. The van der Waals surface area contributed by atoms with Gasteiger partial charge in [-0.1, -0.05) is 13.8 Å². The van der Waals surface area contributed by atoms with Crippen molar-refractivity contribution in [3.05, 3.63) is 0 Å². The van der Waals surface area contributed by atoms with Crippen LogP contribution in [0.2, 0.25) is 0 Å². The molecule has 0 spiro atoms. The molecule has 1 atom stereocenters. The number of likely N-dealkylation sites (N-methyl/N-ethyl adjacent to an activating group) is 1. The van der Waals surface area contributed by atoms with Gasteiger partial charge in [-0.2, -0.15) is 0 Å². The van der Waals surface area contributed by atoms with E-state index in [4.69, 9.17) is 10.2 Å². The van der Waals surface area contributed by atoms with Gasteiger partial charge in [-0.25, -0.2) is 4.79 Å². The lowest BCUT2D eigenvalue weighted by Gasteiger charge is -2.22. The molecular formula is C12H26N2O3. The highest BCUT2D eigenvalue weighted by Crippen LogP contribution is 2.20. The number of carbonyl (C=O) groups is 1. The molecule has 0 bridgehead atoms. The second-order valence-corrected chi connectivity index (χ2v) is 5.39. The molecule has 1 unspecified atom stereocenters. The van der Waals surface area contributed by atoms with E-state index in [0.717, 1.165) is 12.8 Å². The molecule has 0 saturated carbocycles.